The third-order valence-corrected chi connectivity index (χ3v) is 4.77. The number of H-pyrrole nitrogens is 1. The Kier molecular flexibility index (Phi) is 5.63. The standard InChI is InChI=1S/C17H18ClN3O2S/c1-23-8-2-7-19-9-14-20-16(22)15-13(10-24-17(15)21-14)11-3-5-12(18)6-4-11/h3-6,10,19H,2,7-9H2,1H3,(H,20,21,22). The maximum absolute atomic E-state index is 12.5. The Hall–Kier alpha value is -1.73. The molecule has 0 aliphatic rings. The fraction of sp³-hybridized carbons (Fsp3) is 0.294. The van der Waals surface area contributed by atoms with Crippen LogP contribution in [0.25, 0.3) is 21.3 Å². The van der Waals surface area contributed by atoms with Crippen LogP contribution in [0.4, 0.5) is 0 Å². The summed E-state index contributed by atoms with van der Waals surface area (Å²) in [7, 11) is 1.68. The van der Waals surface area contributed by atoms with Crippen LogP contribution in [0.15, 0.2) is 34.4 Å². The first-order valence-electron chi connectivity index (χ1n) is 7.65. The monoisotopic (exact) mass is 363 g/mol. The number of halogens is 1. The molecule has 0 aliphatic carbocycles. The number of rotatable bonds is 7. The van der Waals surface area contributed by atoms with Crippen molar-refractivity contribution in [2.75, 3.05) is 20.3 Å². The van der Waals surface area contributed by atoms with Gasteiger partial charge in [0, 0.05) is 29.7 Å². The van der Waals surface area contributed by atoms with Crippen molar-refractivity contribution < 1.29 is 4.74 Å². The third kappa shape index (κ3) is 3.84. The zero-order valence-corrected chi connectivity index (χ0v) is 14.8. The summed E-state index contributed by atoms with van der Waals surface area (Å²) in [5, 5.41) is 6.52. The Labute approximate surface area is 148 Å². The van der Waals surface area contributed by atoms with Crippen LogP contribution in [-0.4, -0.2) is 30.2 Å². The van der Waals surface area contributed by atoms with E-state index in [1.807, 2.05) is 29.6 Å². The summed E-state index contributed by atoms with van der Waals surface area (Å²) in [4.78, 5) is 20.7. The summed E-state index contributed by atoms with van der Waals surface area (Å²) in [6.07, 6.45) is 0.919. The first-order chi connectivity index (χ1) is 11.7. The average Bonchev–Trinajstić information content (AvgIpc) is 3.00. The maximum atomic E-state index is 12.5. The maximum Gasteiger partial charge on any atom is 0.260 e. The number of thiophene rings is 1. The van der Waals surface area contributed by atoms with Gasteiger partial charge in [-0.2, -0.15) is 0 Å². The van der Waals surface area contributed by atoms with Crippen LogP contribution in [0, 0.1) is 0 Å². The number of ether oxygens (including phenoxy) is 1. The molecule has 24 heavy (non-hydrogen) atoms. The van der Waals surface area contributed by atoms with Crippen LogP contribution in [0.1, 0.15) is 12.2 Å². The third-order valence-electron chi connectivity index (χ3n) is 3.64. The Morgan fingerprint density at radius 2 is 2.12 bits per heavy atom. The van der Waals surface area contributed by atoms with Crippen LogP contribution in [0.3, 0.4) is 0 Å². The predicted molar refractivity (Wildman–Crippen MR) is 98.9 cm³/mol. The van der Waals surface area contributed by atoms with Crippen molar-refractivity contribution in [2.45, 2.75) is 13.0 Å². The molecule has 0 saturated heterocycles. The van der Waals surface area contributed by atoms with Gasteiger partial charge in [-0.25, -0.2) is 4.98 Å². The van der Waals surface area contributed by atoms with Gasteiger partial charge >= 0.3 is 0 Å². The van der Waals surface area contributed by atoms with Gasteiger partial charge in [-0.3, -0.25) is 4.79 Å². The summed E-state index contributed by atoms with van der Waals surface area (Å²) >= 11 is 7.41. The molecule has 126 valence electrons. The number of fused-ring (bicyclic) bond motifs is 1. The molecule has 1 aromatic carbocycles. The molecule has 0 radical (unpaired) electrons. The molecule has 7 heteroatoms. The normalized spacial score (nSPS) is 11.2. The number of aromatic nitrogens is 2. The molecule has 5 nitrogen and oxygen atoms in total. The second-order valence-electron chi connectivity index (χ2n) is 5.37. The van der Waals surface area contributed by atoms with Gasteiger partial charge in [0.05, 0.1) is 11.9 Å². The quantitative estimate of drug-likeness (QED) is 0.631. The van der Waals surface area contributed by atoms with E-state index in [9.17, 15) is 4.79 Å². The first kappa shape index (κ1) is 17.1. The number of hydrogen-bond donors (Lipinski definition) is 2. The SMILES string of the molecule is COCCCNCc1nc2scc(-c3ccc(Cl)cc3)c2c(=O)[nH]1. The molecular formula is C17H18ClN3O2S. The summed E-state index contributed by atoms with van der Waals surface area (Å²) in [5.74, 6) is 0.648. The van der Waals surface area contributed by atoms with Crippen LogP contribution < -0.4 is 10.9 Å². The van der Waals surface area contributed by atoms with Crippen molar-refractivity contribution in [1.29, 1.82) is 0 Å². The zero-order valence-electron chi connectivity index (χ0n) is 13.3. The summed E-state index contributed by atoms with van der Waals surface area (Å²) < 4.78 is 5.00. The zero-order chi connectivity index (χ0) is 16.9. The minimum atomic E-state index is -0.111. The van der Waals surface area contributed by atoms with E-state index in [1.54, 1.807) is 7.11 Å². The van der Waals surface area contributed by atoms with Crippen LogP contribution >= 0.6 is 22.9 Å². The molecule has 0 fully saturated rings. The fourth-order valence-corrected chi connectivity index (χ4v) is 3.56. The highest BCUT2D eigenvalue weighted by Gasteiger charge is 2.12. The second kappa shape index (κ2) is 7.90. The molecule has 3 aromatic rings. The Morgan fingerprint density at radius 1 is 1.33 bits per heavy atom. The fourth-order valence-electron chi connectivity index (χ4n) is 2.47. The molecule has 0 amide bonds. The van der Waals surface area contributed by atoms with Crippen molar-refractivity contribution in [2.24, 2.45) is 0 Å². The Bertz CT molecular complexity index is 874. The Balaban J connectivity index is 1.83. The predicted octanol–water partition coefficient (Wildman–Crippen LogP) is 3.43. The van der Waals surface area contributed by atoms with Crippen LogP contribution in [0.5, 0.6) is 0 Å². The lowest BCUT2D eigenvalue weighted by Crippen LogP contribution is -2.20. The van der Waals surface area contributed by atoms with E-state index in [4.69, 9.17) is 16.3 Å². The van der Waals surface area contributed by atoms with Gasteiger partial charge in [-0.1, -0.05) is 23.7 Å². The van der Waals surface area contributed by atoms with Crippen LogP contribution in [-0.2, 0) is 11.3 Å². The highest BCUT2D eigenvalue weighted by molar-refractivity contribution is 7.17. The molecule has 2 heterocycles. The largest absolute Gasteiger partial charge is 0.385 e. The van der Waals surface area contributed by atoms with Gasteiger partial charge in [0.15, 0.2) is 0 Å². The molecule has 0 aliphatic heterocycles. The highest BCUT2D eigenvalue weighted by atomic mass is 35.5. The first-order valence-corrected chi connectivity index (χ1v) is 8.91. The molecule has 3 rings (SSSR count). The van der Waals surface area contributed by atoms with E-state index >= 15 is 0 Å². The topological polar surface area (TPSA) is 67.0 Å². The smallest absolute Gasteiger partial charge is 0.260 e. The van der Waals surface area contributed by atoms with E-state index in [1.165, 1.54) is 11.3 Å². The second-order valence-corrected chi connectivity index (χ2v) is 6.67. The van der Waals surface area contributed by atoms with Crippen molar-refractivity contribution in [3.05, 3.63) is 50.8 Å². The lowest BCUT2D eigenvalue weighted by atomic mass is 10.1. The lowest BCUT2D eigenvalue weighted by molar-refractivity contribution is 0.194. The van der Waals surface area contributed by atoms with E-state index in [2.05, 4.69) is 15.3 Å². The number of aromatic amines is 1. The summed E-state index contributed by atoms with van der Waals surface area (Å²) in [6.45, 7) is 2.06. The van der Waals surface area contributed by atoms with Crippen molar-refractivity contribution in [3.8, 4) is 11.1 Å². The number of benzene rings is 1. The molecule has 0 bridgehead atoms. The van der Waals surface area contributed by atoms with Crippen molar-refractivity contribution >= 4 is 33.2 Å². The number of nitrogens with one attached hydrogen (secondary N) is 2. The summed E-state index contributed by atoms with van der Waals surface area (Å²) in [5.41, 5.74) is 1.74. The summed E-state index contributed by atoms with van der Waals surface area (Å²) in [6, 6.07) is 7.46. The minimum absolute atomic E-state index is 0.111. The van der Waals surface area contributed by atoms with Gasteiger partial charge in [0.1, 0.15) is 10.7 Å². The minimum Gasteiger partial charge on any atom is -0.385 e. The van der Waals surface area contributed by atoms with E-state index in [0.29, 0.717) is 29.4 Å². The molecule has 2 N–H and O–H groups in total. The molecule has 0 saturated carbocycles. The van der Waals surface area contributed by atoms with Gasteiger partial charge < -0.3 is 15.0 Å². The van der Waals surface area contributed by atoms with Crippen LogP contribution in [0.2, 0.25) is 5.02 Å². The average molecular weight is 364 g/mol. The molecule has 0 spiro atoms. The highest BCUT2D eigenvalue weighted by Crippen LogP contribution is 2.31. The van der Waals surface area contributed by atoms with E-state index < -0.39 is 0 Å². The molecule has 2 aromatic heterocycles. The number of nitrogens with zero attached hydrogens (tertiary/aromatic N) is 1. The van der Waals surface area contributed by atoms with Crippen molar-refractivity contribution in [3.63, 3.8) is 0 Å². The lowest BCUT2D eigenvalue weighted by Gasteiger charge is -2.04. The number of hydrogen-bond acceptors (Lipinski definition) is 5. The molecular weight excluding hydrogens is 346 g/mol. The van der Waals surface area contributed by atoms with Crippen molar-refractivity contribution in [1.82, 2.24) is 15.3 Å². The van der Waals surface area contributed by atoms with Gasteiger partial charge in [-0.05, 0) is 30.7 Å². The van der Waals surface area contributed by atoms with E-state index in [-0.39, 0.29) is 5.56 Å². The molecule has 0 atom stereocenters. The Morgan fingerprint density at radius 3 is 2.88 bits per heavy atom. The van der Waals surface area contributed by atoms with Gasteiger partial charge in [-0.15, -0.1) is 11.3 Å². The number of methoxy groups -OCH3 is 1. The van der Waals surface area contributed by atoms with E-state index in [0.717, 1.165) is 28.9 Å². The van der Waals surface area contributed by atoms with Gasteiger partial charge in [0.2, 0.25) is 0 Å². The van der Waals surface area contributed by atoms with Gasteiger partial charge in [0.25, 0.3) is 5.56 Å². The molecule has 0 unspecified atom stereocenters.